The Bertz CT molecular complexity index is 458. The summed E-state index contributed by atoms with van der Waals surface area (Å²) < 4.78 is 0. The molecule has 3 rings (SSSR count). The summed E-state index contributed by atoms with van der Waals surface area (Å²) in [5, 5.41) is 3.25. The van der Waals surface area contributed by atoms with Gasteiger partial charge in [0.15, 0.2) is 0 Å². The number of hydrogen-bond acceptors (Lipinski definition) is 4. The van der Waals surface area contributed by atoms with Gasteiger partial charge < -0.3 is 10.2 Å². The molecule has 2 heterocycles. The summed E-state index contributed by atoms with van der Waals surface area (Å²) >= 11 is 0. The fourth-order valence-electron chi connectivity index (χ4n) is 3.85. The van der Waals surface area contributed by atoms with Crippen LogP contribution in [0.2, 0.25) is 0 Å². The third-order valence-corrected chi connectivity index (χ3v) is 4.71. The van der Waals surface area contributed by atoms with Crippen molar-refractivity contribution in [3.63, 3.8) is 0 Å². The summed E-state index contributed by atoms with van der Waals surface area (Å²) in [4.78, 5) is 11.8. The van der Waals surface area contributed by atoms with Crippen LogP contribution in [0.4, 0.5) is 11.8 Å². The zero-order valence-corrected chi connectivity index (χ0v) is 12.7. The molecule has 1 aliphatic carbocycles. The average Bonchev–Trinajstić information content (AvgIpc) is 2.46. The van der Waals surface area contributed by atoms with Crippen LogP contribution >= 0.6 is 0 Å². The smallest absolute Gasteiger partial charge is 0.224 e. The van der Waals surface area contributed by atoms with E-state index in [1.807, 2.05) is 0 Å². The van der Waals surface area contributed by atoms with E-state index in [1.54, 1.807) is 0 Å². The Balaban J connectivity index is 1.86. The highest BCUT2D eigenvalue weighted by atomic mass is 15.3. The van der Waals surface area contributed by atoms with Crippen molar-refractivity contribution in [1.29, 1.82) is 0 Å². The molecule has 110 valence electrons. The van der Waals surface area contributed by atoms with Gasteiger partial charge >= 0.3 is 0 Å². The van der Waals surface area contributed by atoms with E-state index in [4.69, 9.17) is 4.98 Å². The molecule has 2 fully saturated rings. The summed E-state index contributed by atoms with van der Waals surface area (Å²) in [6.45, 7) is 6.18. The minimum atomic E-state index is 0.710. The van der Waals surface area contributed by atoms with Gasteiger partial charge in [0.05, 0.1) is 0 Å². The van der Waals surface area contributed by atoms with Crippen LogP contribution in [0.15, 0.2) is 6.07 Å². The lowest BCUT2D eigenvalue weighted by atomic mass is 9.78. The SMILES string of the molecule is CCNc1nc(C)cc(N2CCC[C@H]3CCCC[C@H]32)n1. The summed E-state index contributed by atoms with van der Waals surface area (Å²) in [6.07, 6.45) is 8.25. The first-order chi connectivity index (χ1) is 9.78. The van der Waals surface area contributed by atoms with Crippen molar-refractivity contribution in [1.82, 2.24) is 9.97 Å². The van der Waals surface area contributed by atoms with Gasteiger partial charge in [0.25, 0.3) is 0 Å². The average molecular weight is 274 g/mol. The predicted molar refractivity (Wildman–Crippen MR) is 83.3 cm³/mol. The van der Waals surface area contributed by atoms with E-state index in [-0.39, 0.29) is 0 Å². The summed E-state index contributed by atoms with van der Waals surface area (Å²) in [7, 11) is 0. The quantitative estimate of drug-likeness (QED) is 0.917. The molecule has 1 aliphatic heterocycles. The van der Waals surface area contributed by atoms with Crippen LogP contribution in [0.3, 0.4) is 0 Å². The number of fused-ring (bicyclic) bond motifs is 1. The van der Waals surface area contributed by atoms with Gasteiger partial charge in [-0.25, -0.2) is 4.98 Å². The highest BCUT2D eigenvalue weighted by molar-refractivity contribution is 5.46. The van der Waals surface area contributed by atoms with Gasteiger partial charge in [-0.2, -0.15) is 4.98 Å². The highest BCUT2D eigenvalue weighted by Gasteiger charge is 2.34. The summed E-state index contributed by atoms with van der Waals surface area (Å²) in [5.74, 6) is 2.79. The molecule has 0 radical (unpaired) electrons. The molecule has 1 N–H and O–H groups in total. The molecule has 1 aromatic rings. The van der Waals surface area contributed by atoms with E-state index in [1.165, 1.54) is 38.5 Å². The normalized spacial score (nSPS) is 26.2. The van der Waals surface area contributed by atoms with Crippen molar-refractivity contribution >= 4 is 11.8 Å². The second-order valence-electron chi connectivity index (χ2n) is 6.17. The monoisotopic (exact) mass is 274 g/mol. The van der Waals surface area contributed by atoms with Crippen LogP contribution in [-0.2, 0) is 0 Å². The van der Waals surface area contributed by atoms with Gasteiger partial charge in [-0.05, 0) is 45.4 Å². The topological polar surface area (TPSA) is 41.1 Å². The molecule has 1 saturated carbocycles. The van der Waals surface area contributed by atoms with Crippen LogP contribution in [0.5, 0.6) is 0 Å². The number of piperidine rings is 1. The van der Waals surface area contributed by atoms with Gasteiger partial charge in [0, 0.05) is 30.9 Å². The fourth-order valence-corrected chi connectivity index (χ4v) is 3.85. The van der Waals surface area contributed by atoms with E-state index in [0.717, 1.165) is 36.5 Å². The van der Waals surface area contributed by atoms with Crippen LogP contribution < -0.4 is 10.2 Å². The molecule has 0 unspecified atom stereocenters. The Labute approximate surface area is 122 Å². The maximum absolute atomic E-state index is 4.74. The standard InChI is InChI=1S/C16H26N4/c1-3-17-16-18-12(2)11-15(19-16)20-10-6-8-13-7-4-5-9-14(13)20/h11,13-14H,3-10H2,1-2H3,(H,17,18,19)/t13-,14-/m1/s1. The molecule has 0 spiro atoms. The highest BCUT2D eigenvalue weighted by Crippen LogP contribution is 2.37. The van der Waals surface area contributed by atoms with E-state index in [0.29, 0.717) is 6.04 Å². The number of hydrogen-bond donors (Lipinski definition) is 1. The van der Waals surface area contributed by atoms with Crippen LogP contribution in [0.25, 0.3) is 0 Å². The Morgan fingerprint density at radius 2 is 2.00 bits per heavy atom. The molecule has 1 saturated heterocycles. The van der Waals surface area contributed by atoms with Crippen molar-refractivity contribution in [3.8, 4) is 0 Å². The van der Waals surface area contributed by atoms with Crippen LogP contribution in [-0.4, -0.2) is 29.1 Å². The third kappa shape index (κ3) is 2.74. The number of nitrogens with one attached hydrogen (secondary N) is 1. The molecule has 4 heteroatoms. The van der Waals surface area contributed by atoms with Crippen molar-refractivity contribution in [2.75, 3.05) is 23.3 Å². The molecule has 20 heavy (non-hydrogen) atoms. The maximum atomic E-state index is 4.74. The first kappa shape index (κ1) is 13.7. The molecule has 0 bridgehead atoms. The van der Waals surface area contributed by atoms with Crippen molar-refractivity contribution in [3.05, 3.63) is 11.8 Å². The van der Waals surface area contributed by atoms with Crippen molar-refractivity contribution in [2.24, 2.45) is 5.92 Å². The van der Waals surface area contributed by atoms with Gasteiger partial charge in [-0.1, -0.05) is 12.8 Å². The van der Waals surface area contributed by atoms with Gasteiger partial charge in [-0.3, -0.25) is 0 Å². The molecular formula is C16H26N4. The summed E-state index contributed by atoms with van der Waals surface area (Å²) in [6, 6.07) is 2.86. The van der Waals surface area contributed by atoms with Crippen molar-refractivity contribution in [2.45, 2.75) is 58.4 Å². The van der Waals surface area contributed by atoms with Crippen LogP contribution in [0, 0.1) is 12.8 Å². The minimum absolute atomic E-state index is 0.710. The van der Waals surface area contributed by atoms with Gasteiger partial charge in [-0.15, -0.1) is 0 Å². The van der Waals surface area contributed by atoms with Crippen LogP contribution in [0.1, 0.15) is 51.1 Å². The second kappa shape index (κ2) is 5.98. The number of nitrogens with zero attached hydrogens (tertiary/aromatic N) is 3. The fraction of sp³-hybridized carbons (Fsp3) is 0.750. The molecule has 0 amide bonds. The minimum Gasteiger partial charge on any atom is -0.354 e. The molecule has 1 aromatic heterocycles. The first-order valence-electron chi connectivity index (χ1n) is 8.14. The van der Waals surface area contributed by atoms with E-state index >= 15 is 0 Å². The Morgan fingerprint density at radius 1 is 1.20 bits per heavy atom. The molecular weight excluding hydrogens is 248 g/mol. The largest absolute Gasteiger partial charge is 0.354 e. The molecule has 2 aliphatic rings. The third-order valence-electron chi connectivity index (χ3n) is 4.71. The number of rotatable bonds is 3. The summed E-state index contributed by atoms with van der Waals surface area (Å²) in [5.41, 5.74) is 1.06. The van der Waals surface area contributed by atoms with E-state index < -0.39 is 0 Å². The van der Waals surface area contributed by atoms with E-state index in [2.05, 4.69) is 35.1 Å². The lowest BCUT2D eigenvalue weighted by Crippen LogP contribution is -2.47. The Kier molecular flexibility index (Phi) is 4.08. The Hall–Kier alpha value is -1.32. The second-order valence-corrected chi connectivity index (χ2v) is 6.17. The zero-order valence-electron chi connectivity index (χ0n) is 12.7. The lowest BCUT2D eigenvalue weighted by molar-refractivity contribution is 0.242. The van der Waals surface area contributed by atoms with Gasteiger partial charge in [0.2, 0.25) is 5.95 Å². The maximum Gasteiger partial charge on any atom is 0.224 e. The van der Waals surface area contributed by atoms with E-state index in [9.17, 15) is 0 Å². The van der Waals surface area contributed by atoms with Gasteiger partial charge in [0.1, 0.15) is 5.82 Å². The number of aromatic nitrogens is 2. The molecule has 0 aromatic carbocycles. The molecule has 4 nitrogen and oxygen atoms in total. The molecule has 2 atom stereocenters. The zero-order chi connectivity index (χ0) is 13.9. The van der Waals surface area contributed by atoms with Crippen molar-refractivity contribution < 1.29 is 0 Å². The first-order valence-corrected chi connectivity index (χ1v) is 8.14. The number of anilines is 2. The Morgan fingerprint density at radius 3 is 2.85 bits per heavy atom. The predicted octanol–water partition coefficient (Wildman–Crippen LogP) is 3.38. The lowest BCUT2D eigenvalue weighted by Gasteiger charge is -2.44. The number of aryl methyl sites for hydroxylation is 1.